The van der Waals surface area contributed by atoms with E-state index in [0.29, 0.717) is 12.6 Å². The van der Waals surface area contributed by atoms with E-state index < -0.39 is 0 Å². The van der Waals surface area contributed by atoms with Crippen LogP contribution >= 0.6 is 23.1 Å². The summed E-state index contributed by atoms with van der Waals surface area (Å²) < 4.78 is 0. The van der Waals surface area contributed by atoms with Crippen molar-refractivity contribution in [1.29, 1.82) is 0 Å². The number of rotatable bonds is 6. The Hall–Kier alpha value is -0.750. The van der Waals surface area contributed by atoms with Crippen molar-refractivity contribution in [3.63, 3.8) is 0 Å². The van der Waals surface area contributed by atoms with E-state index in [1.807, 2.05) is 30.4 Å². The molecule has 3 atom stereocenters. The maximum atomic E-state index is 12.3. The van der Waals surface area contributed by atoms with Crippen LogP contribution in [0, 0.1) is 0 Å². The Morgan fingerprint density at radius 2 is 2.43 bits per heavy atom. The van der Waals surface area contributed by atoms with Crippen LogP contribution in [-0.4, -0.2) is 46.6 Å². The molecule has 1 aromatic heterocycles. The standard InChI is InChI=1S/C15H25N3OS2/c1-4-20-13-6-5-12(9-13)17-15(19)18(3)10-11(2)14-16-7-8-21-14/h7-8,11-13H,4-6,9-10H2,1-3H3,(H,17,19)/t11-,12+,13-/m1/s1. The maximum absolute atomic E-state index is 12.3. The molecule has 21 heavy (non-hydrogen) atoms. The van der Waals surface area contributed by atoms with Gasteiger partial charge in [0.1, 0.15) is 0 Å². The number of carbonyl (C=O) groups excluding carboxylic acids is 1. The van der Waals surface area contributed by atoms with Gasteiger partial charge in [0.05, 0.1) is 5.01 Å². The molecule has 2 rings (SSSR count). The number of nitrogens with one attached hydrogen (secondary N) is 1. The van der Waals surface area contributed by atoms with Gasteiger partial charge in [-0.1, -0.05) is 13.8 Å². The molecule has 2 amide bonds. The lowest BCUT2D eigenvalue weighted by atomic mass is 10.2. The van der Waals surface area contributed by atoms with Gasteiger partial charge in [-0.3, -0.25) is 0 Å². The molecule has 4 nitrogen and oxygen atoms in total. The van der Waals surface area contributed by atoms with Crippen molar-refractivity contribution >= 4 is 29.1 Å². The third-order valence-corrected chi connectivity index (χ3v) is 6.12. The Morgan fingerprint density at radius 3 is 3.10 bits per heavy atom. The first-order valence-corrected chi connectivity index (χ1v) is 9.55. The van der Waals surface area contributed by atoms with Crippen molar-refractivity contribution in [3.8, 4) is 0 Å². The van der Waals surface area contributed by atoms with Crippen molar-refractivity contribution < 1.29 is 4.79 Å². The molecule has 118 valence electrons. The molecule has 0 radical (unpaired) electrons. The largest absolute Gasteiger partial charge is 0.335 e. The maximum Gasteiger partial charge on any atom is 0.317 e. The zero-order valence-electron chi connectivity index (χ0n) is 13.0. The quantitative estimate of drug-likeness (QED) is 0.869. The molecule has 0 unspecified atom stereocenters. The SMILES string of the molecule is CCS[C@@H]1CC[C@H](NC(=O)N(C)C[C@@H](C)c2nccs2)C1. The van der Waals surface area contributed by atoms with Crippen LogP contribution < -0.4 is 5.32 Å². The molecule has 1 saturated carbocycles. The summed E-state index contributed by atoms with van der Waals surface area (Å²) >= 11 is 3.67. The molecule has 0 aliphatic heterocycles. The summed E-state index contributed by atoms with van der Waals surface area (Å²) in [6.45, 7) is 5.02. The van der Waals surface area contributed by atoms with Gasteiger partial charge in [0, 0.05) is 42.4 Å². The second-order valence-electron chi connectivity index (χ2n) is 5.69. The molecule has 1 N–H and O–H groups in total. The lowest BCUT2D eigenvalue weighted by Crippen LogP contribution is -2.43. The molecule has 0 spiro atoms. The van der Waals surface area contributed by atoms with Crippen LogP contribution in [0.3, 0.4) is 0 Å². The highest BCUT2D eigenvalue weighted by atomic mass is 32.2. The number of amides is 2. The van der Waals surface area contributed by atoms with Gasteiger partial charge in [0.2, 0.25) is 0 Å². The average molecular weight is 328 g/mol. The number of thiazole rings is 1. The molecule has 0 aromatic carbocycles. The van der Waals surface area contributed by atoms with Crippen LogP contribution in [0.15, 0.2) is 11.6 Å². The van der Waals surface area contributed by atoms with E-state index in [9.17, 15) is 4.79 Å². The molecule has 1 heterocycles. The number of hydrogen-bond acceptors (Lipinski definition) is 4. The van der Waals surface area contributed by atoms with Gasteiger partial charge in [-0.2, -0.15) is 11.8 Å². The van der Waals surface area contributed by atoms with Gasteiger partial charge in [-0.05, 0) is 25.0 Å². The Bertz CT molecular complexity index is 438. The van der Waals surface area contributed by atoms with Crippen molar-refractivity contribution in [2.24, 2.45) is 0 Å². The average Bonchev–Trinajstić information content (AvgIpc) is 3.10. The zero-order chi connectivity index (χ0) is 15.2. The fourth-order valence-electron chi connectivity index (χ4n) is 2.79. The fraction of sp³-hybridized carbons (Fsp3) is 0.733. The summed E-state index contributed by atoms with van der Waals surface area (Å²) in [4.78, 5) is 18.4. The van der Waals surface area contributed by atoms with E-state index in [-0.39, 0.29) is 11.9 Å². The first-order valence-electron chi connectivity index (χ1n) is 7.62. The number of nitrogens with zero attached hydrogens (tertiary/aromatic N) is 2. The summed E-state index contributed by atoms with van der Waals surface area (Å²) in [7, 11) is 1.87. The zero-order valence-corrected chi connectivity index (χ0v) is 14.7. The summed E-state index contributed by atoms with van der Waals surface area (Å²) in [6, 6.07) is 0.393. The lowest BCUT2D eigenvalue weighted by Gasteiger charge is -2.23. The first kappa shape index (κ1) is 16.6. The number of hydrogen-bond donors (Lipinski definition) is 1. The van der Waals surface area contributed by atoms with Gasteiger partial charge in [-0.25, -0.2) is 9.78 Å². The Morgan fingerprint density at radius 1 is 1.62 bits per heavy atom. The predicted octanol–water partition coefficient (Wildman–Crippen LogP) is 3.56. The number of carbonyl (C=O) groups is 1. The molecule has 1 fully saturated rings. The smallest absolute Gasteiger partial charge is 0.317 e. The molecule has 6 heteroatoms. The molecule has 1 aliphatic rings. The minimum Gasteiger partial charge on any atom is -0.335 e. The van der Waals surface area contributed by atoms with Gasteiger partial charge in [0.25, 0.3) is 0 Å². The predicted molar refractivity (Wildman–Crippen MR) is 91.2 cm³/mol. The Kier molecular flexibility index (Phi) is 6.36. The summed E-state index contributed by atoms with van der Waals surface area (Å²) in [5.74, 6) is 1.45. The van der Waals surface area contributed by atoms with Crippen molar-refractivity contribution in [1.82, 2.24) is 15.2 Å². The highest BCUT2D eigenvalue weighted by molar-refractivity contribution is 7.99. The van der Waals surface area contributed by atoms with E-state index >= 15 is 0 Å². The van der Waals surface area contributed by atoms with E-state index in [1.54, 1.807) is 16.2 Å². The third-order valence-electron chi connectivity index (χ3n) is 3.88. The first-order chi connectivity index (χ1) is 10.1. The number of thioether (sulfide) groups is 1. The van der Waals surface area contributed by atoms with Crippen LogP contribution in [-0.2, 0) is 0 Å². The third kappa shape index (κ3) is 4.88. The monoisotopic (exact) mass is 327 g/mol. The van der Waals surface area contributed by atoms with Crippen LogP contribution in [0.1, 0.15) is 44.0 Å². The number of urea groups is 1. The molecule has 0 saturated heterocycles. The van der Waals surface area contributed by atoms with Crippen molar-refractivity contribution in [2.45, 2.75) is 50.3 Å². The Labute approximate surface area is 135 Å². The minimum atomic E-state index is 0.0468. The summed E-state index contributed by atoms with van der Waals surface area (Å²) in [6.07, 6.45) is 5.27. The molecule has 1 aromatic rings. The topological polar surface area (TPSA) is 45.2 Å². The van der Waals surface area contributed by atoms with Crippen LogP contribution in [0.5, 0.6) is 0 Å². The van der Waals surface area contributed by atoms with E-state index in [2.05, 4.69) is 24.1 Å². The normalized spacial score (nSPS) is 23.0. The van der Waals surface area contributed by atoms with E-state index in [1.165, 1.54) is 6.42 Å². The van der Waals surface area contributed by atoms with Gasteiger partial charge >= 0.3 is 6.03 Å². The van der Waals surface area contributed by atoms with Crippen molar-refractivity contribution in [3.05, 3.63) is 16.6 Å². The lowest BCUT2D eigenvalue weighted by molar-refractivity contribution is 0.202. The molecular weight excluding hydrogens is 302 g/mol. The van der Waals surface area contributed by atoms with Gasteiger partial charge < -0.3 is 10.2 Å². The van der Waals surface area contributed by atoms with Gasteiger partial charge in [0.15, 0.2) is 0 Å². The summed E-state index contributed by atoms with van der Waals surface area (Å²) in [5, 5.41) is 6.97. The minimum absolute atomic E-state index is 0.0468. The Balaban J connectivity index is 1.75. The van der Waals surface area contributed by atoms with Crippen molar-refractivity contribution in [2.75, 3.05) is 19.3 Å². The second kappa shape index (κ2) is 8.03. The van der Waals surface area contributed by atoms with Gasteiger partial charge in [-0.15, -0.1) is 11.3 Å². The highest BCUT2D eigenvalue weighted by Gasteiger charge is 2.27. The van der Waals surface area contributed by atoms with Crippen LogP contribution in [0.4, 0.5) is 4.79 Å². The van der Waals surface area contributed by atoms with Crippen LogP contribution in [0.25, 0.3) is 0 Å². The summed E-state index contributed by atoms with van der Waals surface area (Å²) in [5.41, 5.74) is 0. The highest BCUT2D eigenvalue weighted by Crippen LogP contribution is 2.29. The van der Waals surface area contributed by atoms with Crippen LogP contribution in [0.2, 0.25) is 0 Å². The molecule has 0 bridgehead atoms. The van der Waals surface area contributed by atoms with E-state index in [0.717, 1.165) is 28.9 Å². The fourth-order valence-corrected chi connectivity index (χ4v) is 4.63. The number of aromatic nitrogens is 1. The van der Waals surface area contributed by atoms with E-state index in [4.69, 9.17) is 0 Å². The molecular formula is C15H25N3OS2. The number of likely N-dealkylation sites (N-methyl/N-ethyl adjacent to an activating group) is 1. The second-order valence-corrected chi connectivity index (χ2v) is 8.19. The molecule has 1 aliphatic carbocycles.